The summed E-state index contributed by atoms with van der Waals surface area (Å²) in [6, 6.07) is 13.3. The minimum atomic E-state index is -4.28. The number of unbranched alkanes of at least 4 members (excludes halogenated alkanes) is 11. The number of hydrogen-bond acceptors (Lipinski definition) is 4. The fourth-order valence-corrected chi connectivity index (χ4v) is 5.19. The molecule has 0 amide bonds. The van der Waals surface area contributed by atoms with Crippen molar-refractivity contribution >= 4 is 27.1 Å². The first-order valence-corrected chi connectivity index (χ1v) is 15.6. The molecule has 0 aliphatic rings. The lowest BCUT2D eigenvalue weighted by Crippen LogP contribution is -2.12. The summed E-state index contributed by atoms with van der Waals surface area (Å²) in [5.74, 6) is 0.455. The molecule has 2 aromatic carbocycles. The Morgan fingerprint density at radius 1 is 0.816 bits per heavy atom. The summed E-state index contributed by atoms with van der Waals surface area (Å²) >= 11 is 0. The third-order valence-corrected chi connectivity index (χ3v) is 7.74. The van der Waals surface area contributed by atoms with E-state index in [0.717, 1.165) is 31.2 Å². The number of rotatable bonds is 17. The van der Waals surface area contributed by atoms with Crippen LogP contribution in [0.5, 0.6) is 0 Å². The van der Waals surface area contributed by atoms with Crippen molar-refractivity contribution < 1.29 is 17.8 Å². The largest absolute Gasteiger partial charge is 0.294 e. The fraction of sp³-hybridized carbons (Fsp3) is 0.484. The van der Waals surface area contributed by atoms with Crippen LogP contribution in [0.4, 0.5) is 0 Å². The maximum absolute atomic E-state index is 13.3. The van der Waals surface area contributed by atoms with Crippen LogP contribution in [-0.4, -0.2) is 28.4 Å². The Balaban J connectivity index is 1.44. The van der Waals surface area contributed by atoms with Gasteiger partial charge in [-0.15, -0.1) is 0 Å². The van der Waals surface area contributed by atoms with E-state index in [9.17, 15) is 17.8 Å². The van der Waals surface area contributed by atoms with Gasteiger partial charge in [0.2, 0.25) is 5.91 Å². The number of aromatic nitrogens is 2. The number of allylic oxidation sites excluding steroid dienone is 2. The minimum absolute atomic E-state index is 0.0230. The molecule has 1 N–H and O–H groups in total. The van der Waals surface area contributed by atoms with Crippen LogP contribution in [0.25, 0.3) is 22.4 Å². The molecule has 0 bridgehead atoms. The molecule has 0 fully saturated rings. The number of benzene rings is 2. The maximum Gasteiger partial charge on any atom is 0.294 e. The summed E-state index contributed by atoms with van der Waals surface area (Å²) in [4.78, 5) is 17.7. The van der Waals surface area contributed by atoms with Gasteiger partial charge < -0.3 is 0 Å². The van der Waals surface area contributed by atoms with Gasteiger partial charge in [-0.3, -0.25) is 13.9 Å². The van der Waals surface area contributed by atoms with Crippen molar-refractivity contribution in [3.8, 4) is 11.4 Å². The van der Waals surface area contributed by atoms with Gasteiger partial charge in [0.05, 0.1) is 15.9 Å². The molecular formula is C31H42N2O4S. The quantitative estimate of drug-likeness (QED) is 0.106. The van der Waals surface area contributed by atoms with Crippen molar-refractivity contribution in [3.63, 3.8) is 0 Å². The third-order valence-electron chi connectivity index (χ3n) is 6.87. The standard InChI is InChI=1S/C31H42N2O4S/c1-2-3-4-5-6-7-8-9-10-11-12-13-14-15-16-21-30(34)33-29-20-18-17-19-28(29)32-31(33)26-22-24-27(25-23-26)38(35,36)37/h9-10,17-20,22-25H,2-8,11-16,21H2,1H3,(H,35,36,37)/b10-9+. The summed E-state index contributed by atoms with van der Waals surface area (Å²) in [7, 11) is -4.28. The van der Waals surface area contributed by atoms with Crippen LogP contribution in [0, 0.1) is 0 Å². The summed E-state index contributed by atoms with van der Waals surface area (Å²) < 4.78 is 33.7. The van der Waals surface area contributed by atoms with Crippen LogP contribution in [0.1, 0.15) is 102 Å². The molecule has 0 spiro atoms. The highest BCUT2D eigenvalue weighted by atomic mass is 32.2. The van der Waals surface area contributed by atoms with Gasteiger partial charge in [0.15, 0.2) is 0 Å². The zero-order valence-electron chi connectivity index (χ0n) is 22.6. The van der Waals surface area contributed by atoms with E-state index < -0.39 is 10.1 Å². The Kier molecular flexibility index (Phi) is 12.2. The summed E-state index contributed by atoms with van der Waals surface area (Å²) in [6.07, 6.45) is 20.8. The smallest absolute Gasteiger partial charge is 0.282 e. The molecule has 3 rings (SSSR count). The van der Waals surface area contributed by atoms with Gasteiger partial charge in [0.25, 0.3) is 10.1 Å². The lowest BCUT2D eigenvalue weighted by Gasteiger charge is -2.09. The van der Waals surface area contributed by atoms with E-state index in [4.69, 9.17) is 0 Å². The third kappa shape index (κ3) is 9.21. The number of imidazole rings is 1. The first-order chi connectivity index (χ1) is 18.4. The average Bonchev–Trinajstić information content (AvgIpc) is 3.30. The van der Waals surface area contributed by atoms with E-state index >= 15 is 0 Å². The molecule has 1 heterocycles. The molecule has 0 atom stereocenters. The second kappa shape index (κ2) is 15.6. The van der Waals surface area contributed by atoms with Crippen molar-refractivity contribution in [1.82, 2.24) is 9.55 Å². The number of hydrogen-bond donors (Lipinski definition) is 1. The van der Waals surface area contributed by atoms with Crippen LogP contribution < -0.4 is 0 Å². The number of nitrogens with zero attached hydrogens (tertiary/aromatic N) is 2. The van der Waals surface area contributed by atoms with E-state index in [1.807, 2.05) is 24.3 Å². The van der Waals surface area contributed by atoms with Gasteiger partial charge in [0.1, 0.15) is 5.82 Å². The van der Waals surface area contributed by atoms with Crippen molar-refractivity contribution in [3.05, 3.63) is 60.7 Å². The molecule has 0 unspecified atom stereocenters. The van der Waals surface area contributed by atoms with Gasteiger partial charge in [-0.05, 0) is 68.5 Å². The molecule has 206 valence electrons. The topological polar surface area (TPSA) is 89.3 Å². The number of carbonyl (C=O) groups excluding carboxylic acids is 1. The number of fused-ring (bicyclic) bond motifs is 1. The Morgan fingerprint density at radius 3 is 2.03 bits per heavy atom. The van der Waals surface area contributed by atoms with E-state index in [0.29, 0.717) is 23.3 Å². The molecule has 7 heteroatoms. The Morgan fingerprint density at radius 2 is 1.39 bits per heavy atom. The van der Waals surface area contributed by atoms with Gasteiger partial charge in [-0.1, -0.05) is 82.6 Å². The molecule has 1 aromatic heterocycles. The van der Waals surface area contributed by atoms with Crippen LogP contribution in [0.2, 0.25) is 0 Å². The first kappa shape index (κ1) is 29.8. The molecule has 0 aliphatic heterocycles. The summed E-state index contributed by atoms with van der Waals surface area (Å²) in [5, 5.41) is 0. The predicted octanol–water partition coefficient (Wildman–Crippen LogP) is 8.63. The van der Waals surface area contributed by atoms with Crippen molar-refractivity contribution in [2.45, 2.75) is 102 Å². The SMILES string of the molecule is CCCCCCCC/C=C/CCCCCCCC(=O)n1c(-c2ccc(S(=O)(=O)O)cc2)nc2ccccc21. The summed E-state index contributed by atoms with van der Waals surface area (Å²) in [6.45, 7) is 2.25. The van der Waals surface area contributed by atoms with Crippen LogP contribution in [-0.2, 0) is 10.1 Å². The van der Waals surface area contributed by atoms with Crippen molar-refractivity contribution in [2.75, 3.05) is 0 Å². The maximum atomic E-state index is 13.3. The van der Waals surface area contributed by atoms with E-state index in [-0.39, 0.29) is 10.8 Å². The van der Waals surface area contributed by atoms with Crippen LogP contribution >= 0.6 is 0 Å². The van der Waals surface area contributed by atoms with Crippen LogP contribution in [0.15, 0.2) is 65.6 Å². The van der Waals surface area contributed by atoms with Crippen molar-refractivity contribution in [2.24, 2.45) is 0 Å². The second-order valence-electron chi connectivity index (χ2n) is 9.99. The molecule has 0 saturated heterocycles. The van der Waals surface area contributed by atoms with E-state index in [2.05, 4.69) is 24.1 Å². The Labute approximate surface area is 227 Å². The fourth-order valence-electron chi connectivity index (χ4n) is 4.71. The zero-order valence-corrected chi connectivity index (χ0v) is 23.5. The lowest BCUT2D eigenvalue weighted by molar-refractivity contribution is 0.0905. The van der Waals surface area contributed by atoms with Crippen molar-refractivity contribution in [1.29, 1.82) is 0 Å². The average molecular weight is 539 g/mol. The Hall–Kier alpha value is -2.77. The van der Waals surface area contributed by atoms with Gasteiger partial charge >= 0.3 is 0 Å². The van der Waals surface area contributed by atoms with Crippen LogP contribution in [0.3, 0.4) is 0 Å². The van der Waals surface area contributed by atoms with Gasteiger partial charge in [-0.25, -0.2) is 4.98 Å². The van der Waals surface area contributed by atoms with E-state index in [1.165, 1.54) is 69.9 Å². The monoisotopic (exact) mass is 538 g/mol. The molecular weight excluding hydrogens is 496 g/mol. The highest BCUT2D eigenvalue weighted by Crippen LogP contribution is 2.27. The molecule has 0 radical (unpaired) electrons. The summed E-state index contributed by atoms with van der Waals surface area (Å²) in [5.41, 5.74) is 2.06. The highest BCUT2D eigenvalue weighted by Gasteiger charge is 2.18. The first-order valence-electron chi connectivity index (χ1n) is 14.2. The molecule has 0 saturated carbocycles. The second-order valence-corrected chi connectivity index (χ2v) is 11.4. The number of carbonyl (C=O) groups is 1. The Bertz CT molecular complexity index is 1280. The lowest BCUT2D eigenvalue weighted by atomic mass is 10.1. The van der Waals surface area contributed by atoms with E-state index in [1.54, 1.807) is 16.7 Å². The van der Waals surface area contributed by atoms with Gasteiger partial charge in [0, 0.05) is 12.0 Å². The van der Waals surface area contributed by atoms with Gasteiger partial charge in [-0.2, -0.15) is 8.42 Å². The molecule has 38 heavy (non-hydrogen) atoms. The normalized spacial score (nSPS) is 12.1. The zero-order chi connectivity index (χ0) is 27.2. The minimum Gasteiger partial charge on any atom is -0.282 e. The molecule has 6 nitrogen and oxygen atoms in total. The highest BCUT2D eigenvalue weighted by molar-refractivity contribution is 7.85. The number of para-hydroxylation sites is 2. The molecule has 3 aromatic rings. The predicted molar refractivity (Wildman–Crippen MR) is 155 cm³/mol. The molecule has 0 aliphatic carbocycles.